The summed E-state index contributed by atoms with van der Waals surface area (Å²) in [4.78, 5) is 30.2. The molecular weight excluding hydrogens is 375 g/mol. The highest BCUT2D eigenvalue weighted by Gasteiger charge is 2.24. The smallest absolute Gasteiger partial charge is 0.410 e. The summed E-state index contributed by atoms with van der Waals surface area (Å²) in [6, 6.07) is 4.28. The molecule has 2 amide bonds. The molecule has 1 heterocycles. The third kappa shape index (κ3) is 6.88. The van der Waals surface area contributed by atoms with Crippen molar-refractivity contribution >= 4 is 17.7 Å². The average molecular weight is 409 g/mol. The van der Waals surface area contributed by atoms with Gasteiger partial charge in [-0.25, -0.2) is 9.18 Å². The predicted molar refractivity (Wildman–Crippen MR) is 112 cm³/mol. The highest BCUT2D eigenvalue weighted by molar-refractivity contribution is 5.82. The van der Waals surface area contributed by atoms with Crippen LogP contribution in [0.4, 0.5) is 14.9 Å². The van der Waals surface area contributed by atoms with E-state index in [0.29, 0.717) is 0 Å². The number of carbonyl (C=O) groups excluding carboxylic acids is 2. The van der Waals surface area contributed by atoms with Crippen LogP contribution in [-0.4, -0.2) is 74.2 Å². The fourth-order valence-electron chi connectivity index (χ4n) is 3.19. The van der Waals surface area contributed by atoms with Crippen molar-refractivity contribution in [3.63, 3.8) is 0 Å². The minimum absolute atomic E-state index is 0.140. The maximum absolute atomic E-state index is 13.9. The Morgan fingerprint density at radius 2 is 1.86 bits per heavy atom. The summed E-state index contributed by atoms with van der Waals surface area (Å²) < 4.78 is 19.2. The van der Waals surface area contributed by atoms with E-state index in [1.54, 1.807) is 26.8 Å². The van der Waals surface area contributed by atoms with Gasteiger partial charge >= 0.3 is 6.09 Å². The highest BCUT2D eigenvalue weighted by Crippen LogP contribution is 2.28. The molecule has 1 aliphatic rings. The molecule has 162 valence electrons. The number of hydrogen-bond donors (Lipinski definition) is 1. The van der Waals surface area contributed by atoms with E-state index in [4.69, 9.17) is 4.74 Å². The van der Waals surface area contributed by atoms with Crippen LogP contribution in [-0.2, 0) is 9.53 Å². The number of halogens is 1. The lowest BCUT2D eigenvalue weighted by Gasteiger charge is -2.36. The van der Waals surface area contributed by atoms with Crippen LogP contribution in [0.15, 0.2) is 18.2 Å². The monoisotopic (exact) mass is 408 g/mol. The average Bonchev–Trinajstić information content (AvgIpc) is 2.60. The Bertz CT molecular complexity index is 727. The van der Waals surface area contributed by atoms with Crippen molar-refractivity contribution in [2.45, 2.75) is 39.3 Å². The molecule has 0 saturated carbocycles. The number of rotatable bonds is 5. The summed E-state index contributed by atoms with van der Waals surface area (Å²) in [7, 11) is 3.59. The second kappa shape index (κ2) is 9.43. The van der Waals surface area contributed by atoms with Gasteiger partial charge in [0.25, 0.3) is 0 Å². The topological polar surface area (TPSA) is 65.1 Å². The summed E-state index contributed by atoms with van der Waals surface area (Å²) in [5.41, 5.74) is 1.02. The molecule has 2 rings (SSSR count). The Morgan fingerprint density at radius 1 is 1.24 bits per heavy atom. The largest absolute Gasteiger partial charge is 0.444 e. The van der Waals surface area contributed by atoms with Crippen molar-refractivity contribution < 1.29 is 18.7 Å². The van der Waals surface area contributed by atoms with E-state index in [1.165, 1.54) is 24.1 Å². The number of amides is 2. The van der Waals surface area contributed by atoms with Crippen molar-refractivity contribution in [2.24, 2.45) is 0 Å². The van der Waals surface area contributed by atoms with Crippen LogP contribution in [0.2, 0.25) is 0 Å². The molecule has 1 aliphatic heterocycles. The molecule has 1 N–H and O–H groups in total. The molecule has 1 atom stereocenters. The molecule has 29 heavy (non-hydrogen) atoms. The zero-order valence-corrected chi connectivity index (χ0v) is 18.3. The van der Waals surface area contributed by atoms with Crippen LogP contribution >= 0.6 is 0 Å². The highest BCUT2D eigenvalue weighted by atomic mass is 19.1. The van der Waals surface area contributed by atoms with Gasteiger partial charge in [-0.15, -0.1) is 0 Å². The van der Waals surface area contributed by atoms with Gasteiger partial charge in [0.1, 0.15) is 18.0 Å². The second-order valence-corrected chi connectivity index (χ2v) is 8.62. The Labute approximate surface area is 172 Å². The van der Waals surface area contributed by atoms with Crippen molar-refractivity contribution in [1.82, 2.24) is 15.1 Å². The Morgan fingerprint density at radius 3 is 2.45 bits per heavy atom. The number of anilines is 1. The van der Waals surface area contributed by atoms with Crippen molar-refractivity contribution in [2.75, 3.05) is 51.7 Å². The van der Waals surface area contributed by atoms with Crippen LogP contribution in [0.5, 0.6) is 0 Å². The van der Waals surface area contributed by atoms with Crippen LogP contribution in [0.25, 0.3) is 0 Å². The first-order chi connectivity index (χ1) is 13.5. The van der Waals surface area contributed by atoms with E-state index >= 15 is 0 Å². The molecule has 1 fully saturated rings. The molecule has 0 aliphatic carbocycles. The SMILES string of the molecule is CC(NC(=O)CN(C)C(=O)OC(C)(C)C)c1cc(F)ccc1N1CCN(C)CC1. The van der Waals surface area contributed by atoms with Crippen molar-refractivity contribution in [3.05, 3.63) is 29.6 Å². The maximum atomic E-state index is 13.9. The Balaban J connectivity index is 2.04. The molecule has 8 heteroatoms. The van der Waals surface area contributed by atoms with Gasteiger partial charge in [-0.05, 0) is 52.9 Å². The normalized spacial score (nSPS) is 16.3. The van der Waals surface area contributed by atoms with Crippen LogP contribution in [0, 0.1) is 5.82 Å². The van der Waals surface area contributed by atoms with Gasteiger partial charge in [0, 0.05) is 44.5 Å². The minimum Gasteiger partial charge on any atom is -0.444 e. The van der Waals surface area contributed by atoms with Gasteiger partial charge in [-0.3, -0.25) is 4.79 Å². The lowest BCUT2D eigenvalue weighted by molar-refractivity contribution is -0.122. The molecule has 0 bridgehead atoms. The number of piperazine rings is 1. The number of hydrogen-bond acceptors (Lipinski definition) is 5. The third-order valence-corrected chi connectivity index (χ3v) is 4.76. The standard InChI is InChI=1S/C21H33FN4O3/c1-15(23-19(27)14-25(6)20(28)29-21(2,3)4)17-13-16(22)7-8-18(17)26-11-9-24(5)10-12-26/h7-8,13,15H,9-12,14H2,1-6H3,(H,23,27). The van der Waals surface area contributed by atoms with Gasteiger partial charge in [0.2, 0.25) is 5.91 Å². The quantitative estimate of drug-likeness (QED) is 0.811. The van der Waals surface area contributed by atoms with Gasteiger partial charge in [-0.1, -0.05) is 0 Å². The summed E-state index contributed by atoms with van der Waals surface area (Å²) in [6.07, 6.45) is -0.566. The summed E-state index contributed by atoms with van der Waals surface area (Å²) >= 11 is 0. The molecule has 1 aromatic carbocycles. The maximum Gasteiger partial charge on any atom is 0.410 e. The van der Waals surface area contributed by atoms with Crippen LogP contribution in [0.1, 0.15) is 39.3 Å². The van der Waals surface area contributed by atoms with Gasteiger partial charge < -0.3 is 24.8 Å². The van der Waals surface area contributed by atoms with Gasteiger partial charge in [0.05, 0.1) is 6.04 Å². The minimum atomic E-state index is -0.631. The molecule has 0 radical (unpaired) electrons. The van der Waals surface area contributed by atoms with E-state index in [-0.39, 0.29) is 18.3 Å². The van der Waals surface area contributed by atoms with E-state index in [2.05, 4.69) is 22.2 Å². The lowest BCUT2D eigenvalue weighted by Crippen LogP contribution is -2.45. The molecule has 1 saturated heterocycles. The van der Waals surface area contributed by atoms with E-state index in [9.17, 15) is 14.0 Å². The van der Waals surface area contributed by atoms with Crippen molar-refractivity contribution in [1.29, 1.82) is 0 Å². The Kier molecular flexibility index (Phi) is 7.46. The molecule has 1 aromatic rings. The number of nitrogens with zero attached hydrogens (tertiary/aromatic N) is 3. The lowest BCUT2D eigenvalue weighted by atomic mass is 10.0. The van der Waals surface area contributed by atoms with E-state index < -0.39 is 17.7 Å². The number of nitrogens with one attached hydrogen (secondary N) is 1. The molecule has 1 unspecified atom stereocenters. The van der Waals surface area contributed by atoms with E-state index in [1.807, 2.05) is 6.92 Å². The van der Waals surface area contributed by atoms with Gasteiger partial charge in [0.15, 0.2) is 0 Å². The van der Waals surface area contributed by atoms with Gasteiger partial charge in [-0.2, -0.15) is 0 Å². The number of likely N-dealkylation sites (N-methyl/N-ethyl adjacent to an activating group) is 2. The zero-order valence-electron chi connectivity index (χ0n) is 18.3. The van der Waals surface area contributed by atoms with E-state index in [0.717, 1.165) is 37.4 Å². The predicted octanol–water partition coefficient (Wildman–Crippen LogP) is 2.62. The first-order valence-electron chi connectivity index (χ1n) is 9.92. The molecule has 0 spiro atoms. The fraction of sp³-hybridized carbons (Fsp3) is 0.619. The Hall–Kier alpha value is -2.35. The van der Waals surface area contributed by atoms with Crippen LogP contribution < -0.4 is 10.2 Å². The third-order valence-electron chi connectivity index (χ3n) is 4.76. The second-order valence-electron chi connectivity index (χ2n) is 8.62. The number of carbonyl (C=O) groups is 2. The molecule has 7 nitrogen and oxygen atoms in total. The zero-order chi connectivity index (χ0) is 21.8. The number of ether oxygens (including phenoxy) is 1. The fourth-order valence-corrected chi connectivity index (χ4v) is 3.19. The molecular formula is C21H33FN4O3. The first-order valence-corrected chi connectivity index (χ1v) is 9.92. The number of benzene rings is 1. The molecule has 0 aromatic heterocycles. The summed E-state index contributed by atoms with van der Waals surface area (Å²) in [5.74, 6) is -0.677. The van der Waals surface area contributed by atoms with Crippen molar-refractivity contribution in [3.8, 4) is 0 Å². The summed E-state index contributed by atoms with van der Waals surface area (Å²) in [5, 5.41) is 2.87. The van der Waals surface area contributed by atoms with Crippen LogP contribution in [0.3, 0.4) is 0 Å². The summed E-state index contributed by atoms with van der Waals surface area (Å²) in [6.45, 7) is 10.5. The first kappa shape index (κ1) is 22.9.